The smallest absolute Gasteiger partial charge is 0.249 e. The van der Waals surface area contributed by atoms with E-state index in [1.807, 2.05) is 31.2 Å². The molecule has 0 aliphatic carbocycles. The zero-order chi connectivity index (χ0) is 19.7. The number of aromatic nitrogens is 1. The molecule has 2 aromatic carbocycles. The lowest BCUT2D eigenvalue weighted by atomic mass is 10.1. The Labute approximate surface area is 169 Å². The number of hydrogen-bond acceptors (Lipinski definition) is 6. The van der Waals surface area contributed by atoms with Gasteiger partial charge in [0.2, 0.25) is 17.8 Å². The predicted molar refractivity (Wildman–Crippen MR) is 112 cm³/mol. The lowest BCUT2D eigenvalue weighted by molar-refractivity contribution is -0.124. The summed E-state index contributed by atoms with van der Waals surface area (Å²) in [4.78, 5) is 33.5. The fourth-order valence-electron chi connectivity index (χ4n) is 2.82. The average Bonchev–Trinajstić information content (AvgIpc) is 3.05. The van der Waals surface area contributed by atoms with Crippen LogP contribution in [0.3, 0.4) is 0 Å². The summed E-state index contributed by atoms with van der Waals surface area (Å²) in [6.45, 7) is 1.85. The van der Waals surface area contributed by atoms with Gasteiger partial charge in [-0.1, -0.05) is 35.1 Å². The normalized spacial score (nSPS) is 16.4. The van der Waals surface area contributed by atoms with Gasteiger partial charge in [0.25, 0.3) is 0 Å². The molecule has 0 saturated carbocycles. The maximum Gasteiger partial charge on any atom is 0.249 e. The van der Waals surface area contributed by atoms with E-state index >= 15 is 0 Å². The van der Waals surface area contributed by atoms with Gasteiger partial charge < -0.3 is 10.6 Å². The summed E-state index contributed by atoms with van der Waals surface area (Å²) in [5.41, 5.74) is 2.32. The molecule has 0 radical (unpaired) electrons. The van der Waals surface area contributed by atoms with Crippen LogP contribution in [0, 0.1) is 6.92 Å². The number of rotatable bonds is 3. The molecule has 4 rings (SSSR count). The predicted octanol–water partition coefficient (Wildman–Crippen LogP) is 3.55. The lowest BCUT2D eigenvalue weighted by Crippen LogP contribution is -2.45. The molecule has 28 heavy (non-hydrogen) atoms. The molecule has 7 nitrogen and oxygen atoms in total. The maximum atomic E-state index is 12.6. The Morgan fingerprint density at radius 3 is 2.89 bits per heavy atom. The summed E-state index contributed by atoms with van der Waals surface area (Å²) in [7, 11) is 0. The van der Waals surface area contributed by atoms with Gasteiger partial charge >= 0.3 is 0 Å². The Morgan fingerprint density at radius 2 is 2.11 bits per heavy atom. The molecule has 142 valence electrons. The number of thiazole rings is 1. The number of guanidine groups is 1. The number of para-hydroxylation sites is 1. The number of fused-ring (bicyclic) bond motifs is 1. The molecule has 1 aromatic heterocycles. The fourth-order valence-corrected chi connectivity index (χ4v) is 3.91. The number of halogens is 1. The van der Waals surface area contributed by atoms with E-state index in [0.717, 1.165) is 15.8 Å². The van der Waals surface area contributed by atoms with Gasteiger partial charge in [0.15, 0.2) is 5.13 Å². The van der Waals surface area contributed by atoms with Crippen molar-refractivity contribution in [1.29, 1.82) is 0 Å². The van der Waals surface area contributed by atoms with Gasteiger partial charge in [-0.25, -0.2) is 9.98 Å². The van der Waals surface area contributed by atoms with Crippen molar-refractivity contribution in [3.8, 4) is 0 Å². The minimum absolute atomic E-state index is 0.0243. The third-order valence-electron chi connectivity index (χ3n) is 4.19. The van der Waals surface area contributed by atoms with Crippen molar-refractivity contribution in [3.05, 3.63) is 53.1 Å². The van der Waals surface area contributed by atoms with Gasteiger partial charge in [0, 0.05) is 10.7 Å². The Morgan fingerprint density at radius 1 is 1.29 bits per heavy atom. The maximum absolute atomic E-state index is 12.6. The molecule has 9 heteroatoms. The van der Waals surface area contributed by atoms with E-state index < -0.39 is 6.04 Å². The molecule has 0 fully saturated rings. The second-order valence-electron chi connectivity index (χ2n) is 6.31. The monoisotopic (exact) mass is 413 g/mol. The second-order valence-corrected chi connectivity index (χ2v) is 7.77. The number of aryl methyl sites for hydroxylation is 1. The lowest BCUT2D eigenvalue weighted by Gasteiger charge is -2.20. The SMILES string of the molecule is Cc1cc(Cl)ccc1NC(=O)[C@H]1CC(=O)NC(Nc2nc3ccccc3s2)=N1. The molecule has 1 aliphatic rings. The third-order valence-corrected chi connectivity index (χ3v) is 5.38. The highest BCUT2D eigenvalue weighted by Crippen LogP contribution is 2.25. The van der Waals surface area contributed by atoms with Crippen LogP contribution < -0.4 is 16.0 Å². The highest BCUT2D eigenvalue weighted by molar-refractivity contribution is 7.22. The van der Waals surface area contributed by atoms with Gasteiger partial charge in [0.05, 0.1) is 16.6 Å². The number of nitrogens with one attached hydrogen (secondary N) is 3. The molecule has 0 saturated heterocycles. The number of aliphatic imine (C=N–C) groups is 1. The van der Waals surface area contributed by atoms with Crippen molar-refractivity contribution >= 4 is 61.7 Å². The number of carbonyl (C=O) groups is 2. The first-order chi connectivity index (χ1) is 13.5. The Bertz CT molecular complexity index is 1080. The molecule has 0 unspecified atom stereocenters. The van der Waals surface area contributed by atoms with Crippen LogP contribution in [-0.2, 0) is 9.59 Å². The van der Waals surface area contributed by atoms with Crippen molar-refractivity contribution in [2.24, 2.45) is 4.99 Å². The van der Waals surface area contributed by atoms with Gasteiger partial charge in [0.1, 0.15) is 6.04 Å². The van der Waals surface area contributed by atoms with Crippen LogP contribution in [-0.4, -0.2) is 28.8 Å². The molecule has 1 atom stereocenters. The number of carbonyl (C=O) groups excluding carboxylic acids is 2. The largest absolute Gasteiger partial charge is 0.324 e. The van der Waals surface area contributed by atoms with Crippen LogP contribution in [0.5, 0.6) is 0 Å². The summed E-state index contributed by atoms with van der Waals surface area (Å²) >= 11 is 7.39. The first-order valence-electron chi connectivity index (χ1n) is 8.55. The van der Waals surface area contributed by atoms with Crippen LogP contribution in [0.4, 0.5) is 10.8 Å². The van der Waals surface area contributed by atoms with Crippen LogP contribution in [0.25, 0.3) is 10.2 Å². The molecular weight excluding hydrogens is 398 g/mol. The summed E-state index contributed by atoms with van der Waals surface area (Å²) in [6, 6.07) is 12.1. The molecule has 2 amide bonds. The quantitative estimate of drug-likeness (QED) is 0.611. The van der Waals surface area contributed by atoms with E-state index in [4.69, 9.17) is 11.6 Å². The van der Waals surface area contributed by atoms with E-state index in [2.05, 4.69) is 25.9 Å². The topological polar surface area (TPSA) is 95.5 Å². The zero-order valence-corrected chi connectivity index (χ0v) is 16.4. The molecule has 3 aromatic rings. The highest BCUT2D eigenvalue weighted by Gasteiger charge is 2.27. The average molecular weight is 414 g/mol. The van der Waals surface area contributed by atoms with Crippen LogP contribution >= 0.6 is 22.9 Å². The number of anilines is 2. The number of benzene rings is 2. The van der Waals surface area contributed by atoms with E-state index in [1.165, 1.54) is 11.3 Å². The van der Waals surface area contributed by atoms with E-state index in [0.29, 0.717) is 15.8 Å². The fraction of sp³-hybridized carbons (Fsp3) is 0.158. The van der Waals surface area contributed by atoms with Crippen molar-refractivity contribution in [2.45, 2.75) is 19.4 Å². The van der Waals surface area contributed by atoms with E-state index in [-0.39, 0.29) is 24.2 Å². The Kier molecular flexibility index (Phi) is 4.97. The van der Waals surface area contributed by atoms with E-state index in [1.54, 1.807) is 18.2 Å². The van der Waals surface area contributed by atoms with Crippen LogP contribution in [0.1, 0.15) is 12.0 Å². The molecular formula is C19H16ClN5O2S. The first-order valence-corrected chi connectivity index (χ1v) is 9.74. The van der Waals surface area contributed by atoms with Gasteiger partial charge in [-0.3, -0.25) is 14.9 Å². The van der Waals surface area contributed by atoms with Gasteiger partial charge in [-0.05, 0) is 42.8 Å². The Balaban J connectivity index is 1.52. The molecule has 0 spiro atoms. The zero-order valence-electron chi connectivity index (χ0n) is 14.8. The number of hydrogen-bond donors (Lipinski definition) is 3. The number of nitrogens with zero attached hydrogens (tertiary/aromatic N) is 2. The standard InChI is InChI=1S/C19H16ClN5O2S/c1-10-8-11(20)6-7-12(10)21-17(27)14-9-16(26)24-18(22-14)25-19-23-13-4-2-3-5-15(13)28-19/h2-8,14H,9H2,1H3,(H,21,27)(H2,22,23,24,25,26)/t14-/m1/s1. The van der Waals surface area contributed by atoms with Crippen molar-refractivity contribution in [3.63, 3.8) is 0 Å². The molecule has 1 aliphatic heterocycles. The van der Waals surface area contributed by atoms with Crippen LogP contribution in [0.2, 0.25) is 5.02 Å². The third kappa shape index (κ3) is 3.97. The summed E-state index contributed by atoms with van der Waals surface area (Å²) < 4.78 is 1.01. The first kappa shape index (κ1) is 18.4. The highest BCUT2D eigenvalue weighted by atomic mass is 35.5. The van der Waals surface area contributed by atoms with Crippen LogP contribution in [0.15, 0.2) is 47.5 Å². The van der Waals surface area contributed by atoms with Crippen molar-refractivity contribution < 1.29 is 9.59 Å². The minimum atomic E-state index is -0.833. The van der Waals surface area contributed by atoms with Crippen molar-refractivity contribution in [1.82, 2.24) is 10.3 Å². The van der Waals surface area contributed by atoms with Gasteiger partial charge in [-0.15, -0.1) is 0 Å². The molecule has 0 bridgehead atoms. The molecule has 3 N–H and O–H groups in total. The van der Waals surface area contributed by atoms with Gasteiger partial charge in [-0.2, -0.15) is 0 Å². The minimum Gasteiger partial charge on any atom is -0.324 e. The van der Waals surface area contributed by atoms with Crippen molar-refractivity contribution in [2.75, 3.05) is 10.6 Å². The second kappa shape index (κ2) is 7.57. The summed E-state index contributed by atoms with van der Waals surface area (Å²) in [5, 5.41) is 9.63. The Hall–Kier alpha value is -2.97. The summed E-state index contributed by atoms with van der Waals surface area (Å²) in [5.74, 6) is -0.432. The summed E-state index contributed by atoms with van der Waals surface area (Å²) in [6.07, 6.45) is -0.0243. The molecule has 2 heterocycles. The van der Waals surface area contributed by atoms with E-state index in [9.17, 15) is 9.59 Å². The number of amides is 2.